The average Bonchev–Trinajstić information content (AvgIpc) is 2.28. The van der Waals surface area contributed by atoms with Gasteiger partial charge in [-0.05, 0) is 52.4 Å². The van der Waals surface area contributed by atoms with E-state index in [0.717, 1.165) is 25.7 Å². The van der Waals surface area contributed by atoms with Crippen molar-refractivity contribution in [3.8, 4) is 0 Å². The molecule has 0 aromatic rings. The SMILES string of the molecule is CCC(C)(CCCC(C)C)OC(=O)C(C)(C)CC. The van der Waals surface area contributed by atoms with E-state index in [9.17, 15) is 4.79 Å². The first kappa shape index (κ1) is 17.5. The number of hydrogen-bond donors (Lipinski definition) is 0. The standard InChI is InChI=1S/C16H32O2/c1-8-15(5,6)14(17)18-16(7,9-2)12-10-11-13(3)4/h13H,8-12H2,1-7H3. The van der Waals surface area contributed by atoms with Gasteiger partial charge in [0.15, 0.2) is 0 Å². The Bertz CT molecular complexity index is 256. The zero-order valence-corrected chi connectivity index (χ0v) is 13.4. The van der Waals surface area contributed by atoms with Crippen LogP contribution in [0.15, 0.2) is 0 Å². The lowest BCUT2D eigenvalue weighted by Gasteiger charge is -2.33. The minimum atomic E-state index is -0.367. The fraction of sp³-hybridized carbons (Fsp3) is 0.938. The zero-order valence-electron chi connectivity index (χ0n) is 13.4. The maximum Gasteiger partial charge on any atom is 0.312 e. The van der Waals surface area contributed by atoms with Crippen molar-refractivity contribution < 1.29 is 9.53 Å². The first-order valence-electron chi connectivity index (χ1n) is 7.40. The molecule has 0 aliphatic rings. The molecule has 108 valence electrons. The van der Waals surface area contributed by atoms with Crippen LogP contribution < -0.4 is 0 Å². The van der Waals surface area contributed by atoms with Gasteiger partial charge in [-0.25, -0.2) is 0 Å². The van der Waals surface area contributed by atoms with Crippen molar-refractivity contribution >= 4 is 5.97 Å². The minimum Gasteiger partial charge on any atom is -0.459 e. The predicted octanol–water partition coefficient (Wildman–Crippen LogP) is 4.96. The molecular weight excluding hydrogens is 224 g/mol. The summed E-state index contributed by atoms with van der Waals surface area (Å²) in [6.07, 6.45) is 4.99. The number of esters is 1. The number of rotatable bonds is 8. The Morgan fingerprint density at radius 1 is 1.11 bits per heavy atom. The summed E-state index contributed by atoms with van der Waals surface area (Å²) in [5.41, 5.74) is -0.660. The van der Waals surface area contributed by atoms with Gasteiger partial charge in [0.25, 0.3) is 0 Å². The van der Waals surface area contributed by atoms with E-state index in [1.807, 2.05) is 20.8 Å². The molecule has 0 amide bonds. The Morgan fingerprint density at radius 2 is 1.67 bits per heavy atom. The second kappa shape index (κ2) is 7.16. The molecule has 0 aliphatic heterocycles. The largest absolute Gasteiger partial charge is 0.459 e. The molecule has 0 N–H and O–H groups in total. The molecule has 0 aromatic heterocycles. The van der Waals surface area contributed by atoms with E-state index in [1.165, 1.54) is 6.42 Å². The molecule has 0 radical (unpaired) electrons. The maximum atomic E-state index is 12.1. The number of hydrogen-bond acceptors (Lipinski definition) is 2. The summed E-state index contributed by atoms with van der Waals surface area (Å²) in [6, 6.07) is 0. The Labute approximate surface area is 113 Å². The van der Waals surface area contributed by atoms with Crippen LogP contribution in [0.4, 0.5) is 0 Å². The van der Waals surface area contributed by atoms with E-state index in [1.54, 1.807) is 0 Å². The molecule has 0 saturated carbocycles. The summed E-state index contributed by atoms with van der Waals surface area (Å²) in [5.74, 6) is 0.660. The van der Waals surface area contributed by atoms with Crippen LogP contribution in [-0.2, 0) is 9.53 Å². The molecule has 0 spiro atoms. The van der Waals surface area contributed by atoms with Crippen LogP contribution >= 0.6 is 0 Å². The molecule has 0 bridgehead atoms. The van der Waals surface area contributed by atoms with Crippen molar-refractivity contribution in [2.24, 2.45) is 11.3 Å². The monoisotopic (exact) mass is 256 g/mol. The highest BCUT2D eigenvalue weighted by molar-refractivity contribution is 5.76. The highest BCUT2D eigenvalue weighted by Gasteiger charge is 2.34. The van der Waals surface area contributed by atoms with E-state index in [-0.39, 0.29) is 17.0 Å². The summed E-state index contributed by atoms with van der Waals surface area (Å²) >= 11 is 0. The van der Waals surface area contributed by atoms with Crippen LogP contribution in [-0.4, -0.2) is 11.6 Å². The van der Waals surface area contributed by atoms with Crippen molar-refractivity contribution in [2.75, 3.05) is 0 Å². The van der Waals surface area contributed by atoms with Gasteiger partial charge in [0.05, 0.1) is 5.41 Å². The summed E-state index contributed by atoms with van der Waals surface area (Å²) in [4.78, 5) is 12.1. The van der Waals surface area contributed by atoms with Crippen LogP contribution in [0.3, 0.4) is 0 Å². The van der Waals surface area contributed by atoms with Crippen molar-refractivity contribution in [1.29, 1.82) is 0 Å². The molecule has 0 heterocycles. The lowest BCUT2D eigenvalue weighted by molar-refractivity contribution is -0.170. The Kier molecular flexibility index (Phi) is 6.94. The molecule has 0 rings (SSSR count). The topological polar surface area (TPSA) is 26.3 Å². The van der Waals surface area contributed by atoms with E-state index in [0.29, 0.717) is 5.92 Å². The van der Waals surface area contributed by atoms with Gasteiger partial charge in [-0.1, -0.05) is 34.1 Å². The van der Waals surface area contributed by atoms with Crippen LogP contribution in [0, 0.1) is 11.3 Å². The Morgan fingerprint density at radius 3 is 2.06 bits per heavy atom. The quantitative estimate of drug-likeness (QED) is 0.574. The van der Waals surface area contributed by atoms with Gasteiger partial charge >= 0.3 is 5.97 Å². The summed E-state index contributed by atoms with van der Waals surface area (Å²) in [7, 11) is 0. The predicted molar refractivity (Wildman–Crippen MR) is 77.5 cm³/mol. The molecule has 0 saturated heterocycles. The first-order valence-corrected chi connectivity index (χ1v) is 7.40. The van der Waals surface area contributed by atoms with Gasteiger partial charge in [0.1, 0.15) is 5.60 Å². The molecular formula is C16H32O2. The van der Waals surface area contributed by atoms with Gasteiger partial charge in [0.2, 0.25) is 0 Å². The van der Waals surface area contributed by atoms with Gasteiger partial charge in [-0.15, -0.1) is 0 Å². The number of carbonyl (C=O) groups excluding carboxylic acids is 1. The highest BCUT2D eigenvalue weighted by atomic mass is 16.6. The van der Waals surface area contributed by atoms with Crippen LogP contribution in [0.2, 0.25) is 0 Å². The van der Waals surface area contributed by atoms with Gasteiger partial charge in [-0.2, -0.15) is 0 Å². The van der Waals surface area contributed by atoms with E-state index in [2.05, 4.69) is 27.7 Å². The van der Waals surface area contributed by atoms with Gasteiger partial charge in [0, 0.05) is 0 Å². The van der Waals surface area contributed by atoms with Crippen LogP contribution in [0.1, 0.15) is 80.6 Å². The third-order valence-electron chi connectivity index (χ3n) is 4.01. The van der Waals surface area contributed by atoms with Crippen molar-refractivity contribution in [3.63, 3.8) is 0 Å². The van der Waals surface area contributed by atoms with Crippen molar-refractivity contribution in [2.45, 2.75) is 86.2 Å². The summed E-state index contributed by atoms with van der Waals surface area (Å²) in [5, 5.41) is 0. The molecule has 2 nitrogen and oxygen atoms in total. The molecule has 0 aromatic carbocycles. The minimum absolute atomic E-state index is 0.0566. The van der Waals surface area contributed by atoms with E-state index in [4.69, 9.17) is 4.74 Å². The molecule has 1 atom stereocenters. The number of ether oxygens (including phenoxy) is 1. The van der Waals surface area contributed by atoms with Crippen LogP contribution in [0.5, 0.6) is 0 Å². The third-order valence-corrected chi connectivity index (χ3v) is 4.01. The lowest BCUT2D eigenvalue weighted by Crippen LogP contribution is -2.37. The zero-order chi connectivity index (χ0) is 14.4. The molecule has 2 heteroatoms. The lowest BCUT2D eigenvalue weighted by atomic mass is 9.89. The van der Waals surface area contributed by atoms with Gasteiger partial charge in [-0.3, -0.25) is 4.79 Å². The second-order valence-electron chi connectivity index (χ2n) is 6.72. The highest BCUT2D eigenvalue weighted by Crippen LogP contribution is 2.29. The second-order valence-corrected chi connectivity index (χ2v) is 6.72. The Hall–Kier alpha value is -0.530. The first-order chi connectivity index (χ1) is 8.17. The number of carbonyl (C=O) groups is 1. The Balaban J connectivity index is 4.43. The normalized spacial score (nSPS) is 15.6. The van der Waals surface area contributed by atoms with E-state index >= 15 is 0 Å². The fourth-order valence-corrected chi connectivity index (χ4v) is 1.69. The van der Waals surface area contributed by atoms with E-state index < -0.39 is 0 Å². The molecule has 0 aliphatic carbocycles. The maximum absolute atomic E-state index is 12.1. The van der Waals surface area contributed by atoms with Crippen LogP contribution in [0.25, 0.3) is 0 Å². The summed E-state index contributed by atoms with van der Waals surface area (Å²) < 4.78 is 5.79. The summed E-state index contributed by atoms with van der Waals surface area (Å²) in [6.45, 7) is 14.6. The molecule has 18 heavy (non-hydrogen) atoms. The molecule has 1 unspecified atom stereocenters. The molecule has 0 fully saturated rings. The van der Waals surface area contributed by atoms with Gasteiger partial charge < -0.3 is 4.74 Å². The third kappa shape index (κ3) is 5.88. The smallest absolute Gasteiger partial charge is 0.312 e. The average molecular weight is 256 g/mol. The van der Waals surface area contributed by atoms with Crippen molar-refractivity contribution in [3.05, 3.63) is 0 Å². The van der Waals surface area contributed by atoms with Crippen molar-refractivity contribution in [1.82, 2.24) is 0 Å². The fourth-order valence-electron chi connectivity index (χ4n) is 1.69.